The maximum Gasteiger partial charge on any atom is 0.253 e. The first kappa shape index (κ1) is 19.6. The first-order chi connectivity index (χ1) is 14.0. The van der Waals surface area contributed by atoms with Crippen LogP contribution in [0.2, 0.25) is 0 Å². The fourth-order valence-electron chi connectivity index (χ4n) is 4.85. The molecule has 1 unspecified atom stereocenters. The van der Waals surface area contributed by atoms with Crippen molar-refractivity contribution in [3.63, 3.8) is 0 Å². The number of rotatable bonds is 6. The third-order valence-electron chi connectivity index (χ3n) is 6.37. The van der Waals surface area contributed by atoms with Gasteiger partial charge in [0.25, 0.3) is 5.91 Å². The summed E-state index contributed by atoms with van der Waals surface area (Å²) < 4.78 is 0. The van der Waals surface area contributed by atoms with E-state index in [0.29, 0.717) is 23.0 Å². The van der Waals surface area contributed by atoms with Gasteiger partial charge >= 0.3 is 0 Å². The molecule has 2 N–H and O–H groups in total. The Morgan fingerprint density at radius 1 is 1.00 bits per heavy atom. The molecular formula is C24H29N3O2. The van der Waals surface area contributed by atoms with E-state index in [-0.39, 0.29) is 5.91 Å². The van der Waals surface area contributed by atoms with Crippen molar-refractivity contribution in [1.29, 1.82) is 0 Å². The molecule has 2 aliphatic rings. The lowest BCUT2D eigenvalue weighted by Crippen LogP contribution is -2.33. The number of nitrogens with zero attached hydrogens (tertiary/aromatic N) is 2. The van der Waals surface area contributed by atoms with Crippen LogP contribution in [0.5, 0.6) is 0 Å². The second kappa shape index (κ2) is 8.37. The number of likely N-dealkylation sites (tertiary alicyclic amines) is 2. The maximum absolute atomic E-state index is 12.9. The van der Waals surface area contributed by atoms with Gasteiger partial charge in [-0.15, -0.1) is 0 Å². The molecule has 2 aromatic rings. The summed E-state index contributed by atoms with van der Waals surface area (Å²) in [6.07, 6.45) is 2.30. The summed E-state index contributed by atoms with van der Waals surface area (Å²) in [7, 11) is 0. The third-order valence-corrected chi connectivity index (χ3v) is 6.37. The van der Waals surface area contributed by atoms with Crippen LogP contribution in [0.25, 0.3) is 0 Å². The van der Waals surface area contributed by atoms with Crippen LogP contribution in [0, 0.1) is 18.8 Å². The molecule has 2 heterocycles. The molecule has 4 rings (SSSR count). The topological polar surface area (TPSA) is 66.6 Å². The van der Waals surface area contributed by atoms with Crippen molar-refractivity contribution >= 4 is 11.8 Å². The van der Waals surface area contributed by atoms with Crippen LogP contribution in [-0.4, -0.2) is 54.3 Å². The van der Waals surface area contributed by atoms with Gasteiger partial charge in [-0.25, -0.2) is 0 Å². The van der Waals surface area contributed by atoms with Crippen LogP contribution in [0.15, 0.2) is 48.5 Å². The predicted molar refractivity (Wildman–Crippen MR) is 114 cm³/mol. The Morgan fingerprint density at radius 3 is 2.31 bits per heavy atom. The molecule has 0 spiro atoms. The summed E-state index contributed by atoms with van der Waals surface area (Å²) in [6, 6.07) is 15.8. The predicted octanol–water partition coefficient (Wildman–Crippen LogP) is 2.73. The zero-order valence-electron chi connectivity index (χ0n) is 17.0. The van der Waals surface area contributed by atoms with E-state index in [1.807, 2.05) is 11.8 Å². The van der Waals surface area contributed by atoms with Gasteiger partial charge in [0.1, 0.15) is 0 Å². The largest absolute Gasteiger partial charge is 0.366 e. The molecule has 2 saturated heterocycles. The highest BCUT2D eigenvalue weighted by atomic mass is 16.2. The molecule has 2 amide bonds. The van der Waals surface area contributed by atoms with E-state index in [2.05, 4.69) is 35.2 Å². The quantitative estimate of drug-likeness (QED) is 0.823. The number of amides is 2. The van der Waals surface area contributed by atoms with E-state index in [1.165, 1.54) is 12.0 Å². The van der Waals surface area contributed by atoms with Crippen molar-refractivity contribution in [3.8, 4) is 0 Å². The van der Waals surface area contributed by atoms with E-state index in [1.54, 1.807) is 18.2 Å². The molecule has 29 heavy (non-hydrogen) atoms. The highest BCUT2D eigenvalue weighted by Gasteiger charge is 2.41. The van der Waals surface area contributed by atoms with Gasteiger partial charge in [-0.3, -0.25) is 9.59 Å². The van der Waals surface area contributed by atoms with E-state index < -0.39 is 5.91 Å². The highest BCUT2D eigenvalue weighted by molar-refractivity contribution is 5.98. The molecule has 2 atom stereocenters. The molecule has 0 aromatic heterocycles. The third kappa shape index (κ3) is 4.35. The normalized spacial score (nSPS) is 21.3. The van der Waals surface area contributed by atoms with Crippen LogP contribution in [-0.2, 0) is 6.42 Å². The lowest BCUT2D eigenvalue weighted by molar-refractivity contribution is 0.0773. The number of carbonyl (C=O) groups excluding carboxylic acids is 2. The number of primary amides is 1. The Bertz CT molecular complexity index is 882. The Balaban J connectivity index is 1.28. The van der Waals surface area contributed by atoms with E-state index in [4.69, 9.17) is 5.73 Å². The molecule has 0 saturated carbocycles. The maximum atomic E-state index is 12.9. The lowest BCUT2D eigenvalue weighted by Gasteiger charge is -2.22. The SMILES string of the molecule is Cc1cc(C(=O)N2CC3CN(CCCc4ccccc4)C[C@H]3C2)ccc1C(N)=O. The number of hydrogen-bond acceptors (Lipinski definition) is 3. The zero-order valence-corrected chi connectivity index (χ0v) is 17.0. The minimum atomic E-state index is -0.454. The molecule has 2 aromatic carbocycles. The van der Waals surface area contributed by atoms with Crippen LogP contribution in [0.4, 0.5) is 0 Å². The Labute approximate surface area is 172 Å². The fourth-order valence-corrected chi connectivity index (χ4v) is 4.85. The number of benzene rings is 2. The number of hydrogen-bond donors (Lipinski definition) is 1. The minimum Gasteiger partial charge on any atom is -0.366 e. The Hall–Kier alpha value is -2.66. The van der Waals surface area contributed by atoms with Gasteiger partial charge < -0.3 is 15.5 Å². The molecule has 0 radical (unpaired) electrons. The van der Waals surface area contributed by atoms with Gasteiger partial charge in [-0.2, -0.15) is 0 Å². The number of nitrogens with two attached hydrogens (primary N) is 1. The molecule has 152 valence electrons. The number of fused-ring (bicyclic) bond motifs is 1. The van der Waals surface area contributed by atoms with Crippen molar-refractivity contribution in [1.82, 2.24) is 9.80 Å². The van der Waals surface area contributed by atoms with Crippen molar-refractivity contribution < 1.29 is 9.59 Å². The molecule has 2 fully saturated rings. The molecule has 0 bridgehead atoms. The zero-order chi connectivity index (χ0) is 20.4. The summed E-state index contributed by atoms with van der Waals surface area (Å²) in [6.45, 7) is 6.78. The van der Waals surface area contributed by atoms with Gasteiger partial charge in [0.2, 0.25) is 5.91 Å². The average Bonchev–Trinajstić information content (AvgIpc) is 3.26. The van der Waals surface area contributed by atoms with Gasteiger partial charge in [0.15, 0.2) is 0 Å². The summed E-state index contributed by atoms with van der Waals surface area (Å²) in [4.78, 5) is 28.9. The standard InChI is InChI=1S/C24H29N3O2/c1-17-12-19(9-10-22(17)23(25)28)24(29)27-15-20-13-26(14-21(20)16-27)11-5-8-18-6-3-2-4-7-18/h2-4,6-7,9-10,12,20-21H,5,8,11,13-16H2,1H3,(H2,25,28)/t20-,21?/m0/s1. The van der Waals surface area contributed by atoms with E-state index >= 15 is 0 Å². The van der Waals surface area contributed by atoms with E-state index in [0.717, 1.165) is 44.7 Å². The Kier molecular flexibility index (Phi) is 5.67. The van der Waals surface area contributed by atoms with Crippen LogP contribution < -0.4 is 5.73 Å². The van der Waals surface area contributed by atoms with Crippen molar-refractivity contribution in [2.45, 2.75) is 19.8 Å². The smallest absolute Gasteiger partial charge is 0.253 e. The van der Waals surface area contributed by atoms with Crippen LogP contribution >= 0.6 is 0 Å². The van der Waals surface area contributed by atoms with Gasteiger partial charge in [-0.1, -0.05) is 30.3 Å². The molecular weight excluding hydrogens is 362 g/mol. The lowest BCUT2D eigenvalue weighted by atomic mass is 10.0. The van der Waals surface area contributed by atoms with Gasteiger partial charge in [0, 0.05) is 37.3 Å². The van der Waals surface area contributed by atoms with Crippen molar-refractivity contribution in [3.05, 3.63) is 70.8 Å². The van der Waals surface area contributed by atoms with Crippen molar-refractivity contribution in [2.24, 2.45) is 17.6 Å². The summed E-state index contributed by atoms with van der Waals surface area (Å²) >= 11 is 0. The molecule has 5 nitrogen and oxygen atoms in total. The molecule has 0 aliphatic carbocycles. The first-order valence-electron chi connectivity index (χ1n) is 10.5. The minimum absolute atomic E-state index is 0.0640. The van der Waals surface area contributed by atoms with Gasteiger partial charge in [0.05, 0.1) is 0 Å². The van der Waals surface area contributed by atoms with Crippen LogP contribution in [0.1, 0.15) is 38.3 Å². The van der Waals surface area contributed by atoms with Crippen molar-refractivity contribution in [2.75, 3.05) is 32.7 Å². The Morgan fingerprint density at radius 2 is 1.69 bits per heavy atom. The number of aryl methyl sites for hydroxylation is 2. The molecule has 2 aliphatic heterocycles. The first-order valence-corrected chi connectivity index (χ1v) is 10.5. The summed E-state index contributed by atoms with van der Waals surface area (Å²) in [5.74, 6) is 0.752. The van der Waals surface area contributed by atoms with E-state index in [9.17, 15) is 9.59 Å². The molecule has 5 heteroatoms. The second-order valence-electron chi connectivity index (χ2n) is 8.47. The highest BCUT2D eigenvalue weighted by Crippen LogP contribution is 2.32. The fraction of sp³-hybridized carbons (Fsp3) is 0.417. The second-order valence-corrected chi connectivity index (χ2v) is 8.47. The van der Waals surface area contributed by atoms with Crippen LogP contribution in [0.3, 0.4) is 0 Å². The monoisotopic (exact) mass is 391 g/mol. The summed E-state index contributed by atoms with van der Waals surface area (Å²) in [5.41, 5.74) is 8.65. The van der Waals surface area contributed by atoms with Gasteiger partial charge in [-0.05, 0) is 67.5 Å². The number of carbonyl (C=O) groups is 2. The average molecular weight is 392 g/mol. The summed E-state index contributed by atoms with van der Waals surface area (Å²) in [5, 5.41) is 0.